The fourth-order valence-electron chi connectivity index (χ4n) is 3.84. The third kappa shape index (κ3) is 2.76. The standard InChI is InChI=1S/C16H25N3/c1-17-11-14-7-4-9-18-16(14)19-10-8-13-5-2-3-6-15(13)12-19/h4,7,9,13,15,17H,2-3,5-6,8,10-12H2,1H3. The fourth-order valence-corrected chi connectivity index (χ4v) is 3.84. The second-order valence-corrected chi connectivity index (χ2v) is 6.06. The summed E-state index contributed by atoms with van der Waals surface area (Å²) in [4.78, 5) is 7.17. The van der Waals surface area contributed by atoms with Crippen molar-refractivity contribution in [2.24, 2.45) is 11.8 Å². The molecule has 1 N–H and O–H groups in total. The molecule has 3 rings (SSSR count). The van der Waals surface area contributed by atoms with E-state index in [2.05, 4.69) is 21.3 Å². The Bertz CT molecular complexity index is 418. The van der Waals surface area contributed by atoms with Gasteiger partial charge in [0.1, 0.15) is 5.82 Å². The van der Waals surface area contributed by atoms with E-state index >= 15 is 0 Å². The monoisotopic (exact) mass is 259 g/mol. The molecule has 1 aromatic rings. The minimum absolute atomic E-state index is 0.909. The van der Waals surface area contributed by atoms with Gasteiger partial charge in [-0.15, -0.1) is 0 Å². The minimum Gasteiger partial charge on any atom is -0.356 e. The summed E-state index contributed by atoms with van der Waals surface area (Å²) in [6.07, 6.45) is 9.07. The van der Waals surface area contributed by atoms with Crippen LogP contribution in [0.4, 0.5) is 5.82 Å². The molecule has 0 aromatic carbocycles. The lowest BCUT2D eigenvalue weighted by molar-refractivity contribution is 0.202. The molecule has 2 atom stereocenters. The van der Waals surface area contributed by atoms with Crippen LogP contribution in [-0.2, 0) is 6.54 Å². The van der Waals surface area contributed by atoms with Gasteiger partial charge in [-0.25, -0.2) is 4.98 Å². The maximum absolute atomic E-state index is 4.64. The Morgan fingerprint density at radius 2 is 2.11 bits per heavy atom. The highest BCUT2D eigenvalue weighted by Crippen LogP contribution is 2.37. The van der Waals surface area contributed by atoms with Gasteiger partial charge in [0.15, 0.2) is 0 Å². The first kappa shape index (κ1) is 12.9. The molecular formula is C16H25N3. The molecule has 1 saturated carbocycles. The first-order valence-corrected chi connectivity index (χ1v) is 7.72. The first-order chi connectivity index (χ1) is 9.38. The highest BCUT2D eigenvalue weighted by atomic mass is 15.2. The van der Waals surface area contributed by atoms with E-state index in [9.17, 15) is 0 Å². The average Bonchev–Trinajstić information content (AvgIpc) is 2.48. The van der Waals surface area contributed by atoms with E-state index < -0.39 is 0 Å². The number of pyridine rings is 1. The lowest BCUT2D eigenvalue weighted by atomic mass is 9.75. The van der Waals surface area contributed by atoms with Crippen LogP contribution < -0.4 is 10.2 Å². The third-order valence-electron chi connectivity index (χ3n) is 4.83. The van der Waals surface area contributed by atoms with E-state index in [0.29, 0.717) is 0 Å². The van der Waals surface area contributed by atoms with Crippen molar-refractivity contribution < 1.29 is 0 Å². The largest absolute Gasteiger partial charge is 0.356 e. The summed E-state index contributed by atoms with van der Waals surface area (Å²) >= 11 is 0. The molecule has 0 radical (unpaired) electrons. The van der Waals surface area contributed by atoms with Crippen LogP contribution in [0.5, 0.6) is 0 Å². The topological polar surface area (TPSA) is 28.2 Å². The second kappa shape index (κ2) is 5.91. The Morgan fingerprint density at radius 1 is 1.26 bits per heavy atom. The van der Waals surface area contributed by atoms with E-state index in [1.54, 1.807) is 0 Å². The van der Waals surface area contributed by atoms with Crippen molar-refractivity contribution in [1.82, 2.24) is 10.3 Å². The van der Waals surface area contributed by atoms with E-state index in [4.69, 9.17) is 0 Å². The third-order valence-corrected chi connectivity index (χ3v) is 4.83. The van der Waals surface area contributed by atoms with Crippen molar-refractivity contribution in [1.29, 1.82) is 0 Å². The molecule has 2 aliphatic rings. The summed E-state index contributed by atoms with van der Waals surface area (Å²) in [5, 5.41) is 3.25. The number of hydrogen-bond donors (Lipinski definition) is 1. The quantitative estimate of drug-likeness (QED) is 0.904. The van der Waals surface area contributed by atoms with Gasteiger partial charge in [-0.2, -0.15) is 0 Å². The van der Waals surface area contributed by atoms with Crippen molar-refractivity contribution in [3.05, 3.63) is 23.9 Å². The van der Waals surface area contributed by atoms with E-state index in [0.717, 1.165) is 18.4 Å². The molecule has 0 amide bonds. The number of hydrogen-bond acceptors (Lipinski definition) is 3. The van der Waals surface area contributed by atoms with Crippen LogP contribution in [-0.4, -0.2) is 25.1 Å². The summed E-state index contributed by atoms with van der Waals surface area (Å²) in [7, 11) is 2.00. The molecule has 0 spiro atoms. The van der Waals surface area contributed by atoms with Crippen LogP contribution in [0.15, 0.2) is 18.3 Å². The zero-order valence-corrected chi connectivity index (χ0v) is 11.9. The van der Waals surface area contributed by atoms with Crippen molar-refractivity contribution in [3.63, 3.8) is 0 Å². The lowest BCUT2D eigenvalue weighted by Gasteiger charge is -2.42. The summed E-state index contributed by atoms with van der Waals surface area (Å²) in [5.74, 6) is 3.11. The van der Waals surface area contributed by atoms with Crippen molar-refractivity contribution in [3.8, 4) is 0 Å². The molecule has 104 valence electrons. The van der Waals surface area contributed by atoms with Crippen LogP contribution in [0, 0.1) is 11.8 Å². The fraction of sp³-hybridized carbons (Fsp3) is 0.688. The van der Waals surface area contributed by atoms with Crippen LogP contribution in [0.1, 0.15) is 37.7 Å². The number of piperidine rings is 1. The van der Waals surface area contributed by atoms with E-state index in [1.165, 1.54) is 56.6 Å². The normalized spacial score (nSPS) is 27.1. The van der Waals surface area contributed by atoms with Crippen LogP contribution in [0.25, 0.3) is 0 Å². The number of rotatable bonds is 3. The minimum atomic E-state index is 0.909. The van der Waals surface area contributed by atoms with Crippen LogP contribution in [0.2, 0.25) is 0 Å². The Hall–Kier alpha value is -1.09. The number of fused-ring (bicyclic) bond motifs is 1. The summed E-state index contributed by atoms with van der Waals surface area (Å²) < 4.78 is 0. The van der Waals surface area contributed by atoms with E-state index in [-0.39, 0.29) is 0 Å². The van der Waals surface area contributed by atoms with Gasteiger partial charge in [-0.3, -0.25) is 0 Å². The maximum Gasteiger partial charge on any atom is 0.133 e. The highest BCUT2D eigenvalue weighted by Gasteiger charge is 2.31. The van der Waals surface area contributed by atoms with Gasteiger partial charge in [-0.1, -0.05) is 25.3 Å². The first-order valence-electron chi connectivity index (χ1n) is 7.72. The highest BCUT2D eigenvalue weighted by molar-refractivity contribution is 5.47. The molecule has 1 aliphatic carbocycles. The molecule has 19 heavy (non-hydrogen) atoms. The van der Waals surface area contributed by atoms with Gasteiger partial charge >= 0.3 is 0 Å². The van der Waals surface area contributed by atoms with Crippen molar-refractivity contribution in [2.45, 2.75) is 38.6 Å². The van der Waals surface area contributed by atoms with Gasteiger partial charge in [0.25, 0.3) is 0 Å². The number of anilines is 1. The molecule has 2 fully saturated rings. The van der Waals surface area contributed by atoms with Gasteiger partial charge in [0.2, 0.25) is 0 Å². The SMILES string of the molecule is CNCc1cccnc1N1CCC2CCCCC2C1. The van der Waals surface area contributed by atoms with Gasteiger partial charge in [0, 0.05) is 31.4 Å². The van der Waals surface area contributed by atoms with Crippen molar-refractivity contribution in [2.75, 3.05) is 25.0 Å². The van der Waals surface area contributed by atoms with Crippen LogP contribution >= 0.6 is 0 Å². The Balaban J connectivity index is 1.75. The van der Waals surface area contributed by atoms with Gasteiger partial charge in [-0.05, 0) is 37.8 Å². The molecule has 1 saturated heterocycles. The molecule has 1 aromatic heterocycles. The van der Waals surface area contributed by atoms with Gasteiger partial charge in [0.05, 0.1) is 0 Å². The maximum atomic E-state index is 4.64. The van der Waals surface area contributed by atoms with E-state index in [1.807, 2.05) is 19.3 Å². The molecule has 2 unspecified atom stereocenters. The molecule has 2 heterocycles. The Labute approximate surface area is 116 Å². The molecule has 1 aliphatic heterocycles. The zero-order chi connectivity index (χ0) is 13.1. The average molecular weight is 259 g/mol. The predicted molar refractivity (Wildman–Crippen MR) is 79.3 cm³/mol. The smallest absolute Gasteiger partial charge is 0.133 e. The molecule has 3 heteroatoms. The van der Waals surface area contributed by atoms with Gasteiger partial charge < -0.3 is 10.2 Å². The van der Waals surface area contributed by atoms with Crippen LogP contribution in [0.3, 0.4) is 0 Å². The zero-order valence-electron chi connectivity index (χ0n) is 11.9. The lowest BCUT2D eigenvalue weighted by Crippen LogP contribution is -2.42. The number of nitrogens with one attached hydrogen (secondary N) is 1. The Morgan fingerprint density at radius 3 is 2.95 bits per heavy atom. The molecule has 0 bridgehead atoms. The Kier molecular flexibility index (Phi) is 4.02. The summed E-state index contributed by atoms with van der Waals surface area (Å²) in [6, 6.07) is 4.25. The number of nitrogens with zero attached hydrogens (tertiary/aromatic N) is 2. The predicted octanol–water partition coefficient (Wildman–Crippen LogP) is 2.82. The van der Waals surface area contributed by atoms with Crippen molar-refractivity contribution >= 4 is 5.82 Å². The summed E-state index contributed by atoms with van der Waals surface area (Å²) in [6.45, 7) is 3.32. The molecule has 3 nitrogen and oxygen atoms in total. The number of aromatic nitrogens is 1. The molecular weight excluding hydrogens is 234 g/mol. The second-order valence-electron chi connectivity index (χ2n) is 6.06. The summed E-state index contributed by atoms with van der Waals surface area (Å²) in [5.41, 5.74) is 1.33.